The van der Waals surface area contributed by atoms with E-state index in [2.05, 4.69) is 254 Å². The van der Waals surface area contributed by atoms with Crippen LogP contribution in [0.4, 0.5) is 22.7 Å². The van der Waals surface area contributed by atoms with Gasteiger partial charge in [-0.3, -0.25) is 0 Å². The summed E-state index contributed by atoms with van der Waals surface area (Å²) in [6, 6.07) is 85.1. The van der Waals surface area contributed by atoms with Gasteiger partial charge in [0, 0.05) is 87.1 Å². The first-order chi connectivity index (χ1) is 36.3. The molecule has 0 spiro atoms. The molecule has 0 aliphatic carbocycles. The largest absolute Gasteiger partial charge is 0.509 e. The smallest absolute Gasteiger partial charge is 0.135 e. The van der Waals surface area contributed by atoms with Gasteiger partial charge in [-0.15, -0.1) is 54.0 Å². The predicted molar refractivity (Wildman–Crippen MR) is 310 cm³/mol. The Hall–Kier alpha value is -8.28. The second kappa shape index (κ2) is 18.6. The second-order valence-electron chi connectivity index (χ2n) is 20.0. The van der Waals surface area contributed by atoms with Crippen LogP contribution in [0.1, 0.15) is 26.3 Å². The number of thiophene rings is 1. The summed E-state index contributed by atoms with van der Waals surface area (Å²) in [5.41, 5.74) is 14.1. The molecule has 0 radical (unpaired) electrons. The number of para-hydroxylation sites is 3. The molecule has 0 unspecified atom stereocenters. The van der Waals surface area contributed by atoms with E-state index in [9.17, 15) is 0 Å². The molecule has 3 aromatic heterocycles. The van der Waals surface area contributed by atoms with E-state index in [4.69, 9.17) is 9.72 Å². The van der Waals surface area contributed by atoms with Crippen molar-refractivity contribution in [2.75, 3.05) is 9.80 Å². The van der Waals surface area contributed by atoms with Gasteiger partial charge in [0.25, 0.3) is 0 Å². The first-order valence-electron chi connectivity index (χ1n) is 25.1. The average Bonchev–Trinajstić information content (AvgIpc) is 4.13. The maximum Gasteiger partial charge on any atom is 0.135 e. The zero-order valence-electron chi connectivity index (χ0n) is 41.4. The number of hydrogen-bond acceptors (Lipinski definition) is 5. The summed E-state index contributed by atoms with van der Waals surface area (Å²) < 4.78 is 11.6. The first-order valence-corrected chi connectivity index (χ1v) is 25.9. The van der Waals surface area contributed by atoms with Crippen LogP contribution in [0.15, 0.2) is 225 Å². The van der Waals surface area contributed by atoms with Gasteiger partial charge >= 0.3 is 0 Å². The van der Waals surface area contributed by atoms with Gasteiger partial charge in [-0.05, 0) is 79.7 Å². The van der Waals surface area contributed by atoms with Gasteiger partial charge in [0.2, 0.25) is 0 Å². The van der Waals surface area contributed by atoms with E-state index in [1.54, 1.807) is 0 Å². The summed E-state index contributed by atoms with van der Waals surface area (Å²) in [5, 5.41) is 7.31. The van der Waals surface area contributed by atoms with Gasteiger partial charge in [-0.2, -0.15) is 12.1 Å². The number of fused-ring (bicyclic) bond motifs is 11. The standard InChI is InChI=1S/C68H47N4OS.Pt/c1-68(2,3)48-37-38-69-62(40-48)72-61-42-51(35-36-58(61)67-65(72)63-56-29-12-10-27-54(56)55-28-11-13-30-57(55)66(63)74-67)73-50-26-17-25-49(41-50)70-43-71(60-34-15-14-33-59(60)70)64-52(45-21-8-5-9-22-45)31-18-32-53(64)47-24-16-23-46(39-47)44-19-6-4-7-20-44;/h4-40,43H,1-3H3;/q-3;. The normalized spacial score (nSPS) is 12.5. The van der Waals surface area contributed by atoms with Crippen LogP contribution in [0.5, 0.6) is 11.5 Å². The number of nitrogens with zero attached hydrogens (tertiary/aromatic N) is 4. The van der Waals surface area contributed by atoms with E-state index >= 15 is 0 Å². The van der Waals surface area contributed by atoms with Crippen LogP contribution in [0.2, 0.25) is 0 Å². The third-order valence-corrected chi connectivity index (χ3v) is 15.7. The molecule has 7 heteroatoms. The van der Waals surface area contributed by atoms with Crippen molar-refractivity contribution >= 4 is 86.8 Å². The van der Waals surface area contributed by atoms with Crippen molar-refractivity contribution < 1.29 is 25.8 Å². The Labute approximate surface area is 454 Å². The minimum Gasteiger partial charge on any atom is -0.509 e. The minimum atomic E-state index is -0.0788. The fraction of sp³-hybridized carbons (Fsp3) is 0.0588. The van der Waals surface area contributed by atoms with Gasteiger partial charge in [-0.25, -0.2) is 4.98 Å². The Kier molecular flexibility index (Phi) is 11.5. The molecule has 0 N–H and O–H groups in total. The van der Waals surface area contributed by atoms with E-state index in [0.717, 1.165) is 67.2 Å². The quantitative estimate of drug-likeness (QED) is 0.112. The van der Waals surface area contributed by atoms with E-state index in [1.807, 2.05) is 35.7 Å². The van der Waals surface area contributed by atoms with Crippen molar-refractivity contribution in [3.8, 4) is 50.7 Å². The summed E-state index contributed by atoms with van der Waals surface area (Å²) in [6.07, 6.45) is 1.94. The van der Waals surface area contributed by atoms with Crippen LogP contribution in [0.3, 0.4) is 0 Å². The van der Waals surface area contributed by atoms with Crippen molar-refractivity contribution in [2.45, 2.75) is 26.2 Å². The topological polar surface area (TPSA) is 33.5 Å². The summed E-state index contributed by atoms with van der Waals surface area (Å²) >= 11 is 1.85. The molecule has 364 valence electrons. The zero-order chi connectivity index (χ0) is 49.5. The Morgan fingerprint density at radius 3 is 1.85 bits per heavy atom. The molecule has 1 aliphatic heterocycles. The summed E-state index contributed by atoms with van der Waals surface area (Å²) in [4.78, 5) is 9.64. The Balaban J connectivity index is 0.00000541. The predicted octanol–water partition coefficient (Wildman–Crippen LogP) is 18.8. The van der Waals surface area contributed by atoms with E-state index in [0.29, 0.717) is 11.5 Å². The van der Waals surface area contributed by atoms with Crippen molar-refractivity contribution in [2.24, 2.45) is 0 Å². The Morgan fingerprint density at radius 1 is 0.493 bits per heavy atom. The molecule has 1 aliphatic rings. The summed E-state index contributed by atoms with van der Waals surface area (Å²) in [6.45, 7) is 8.95. The van der Waals surface area contributed by atoms with Crippen molar-refractivity contribution in [1.29, 1.82) is 0 Å². The second-order valence-corrected chi connectivity index (χ2v) is 21.0. The number of aromatic nitrogens is 2. The number of ether oxygens (including phenoxy) is 1. The van der Waals surface area contributed by atoms with E-state index < -0.39 is 0 Å². The van der Waals surface area contributed by atoms with Crippen molar-refractivity contribution in [3.63, 3.8) is 0 Å². The van der Waals surface area contributed by atoms with Gasteiger partial charge in [0.05, 0.1) is 5.52 Å². The number of benzene rings is 10. The third-order valence-electron chi connectivity index (χ3n) is 14.5. The maximum atomic E-state index is 6.85. The number of pyridine rings is 1. The number of rotatable bonds is 8. The molecule has 75 heavy (non-hydrogen) atoms. The fourth-order valence-corrected chi connectivity index (χ4v) is 12.3. The van der Waals surface area contributed by atoms with Crippen LogP contribution >= 0.6 is 11.3 Å². The summed E-state index contributed by atoms with van der Waals surface area (Å²) in [7, 11) is 0. The van der Waals surface area contributed by atoms with Gasteiger partial charge in [0.1, 0.15) is 5.82 Å². The Bertz CT molecular complexity index is 4330. The maximum absolute atomic E-state index is 6.85. The van der Waals surface area contributed by atoms with Crippen LogP contribution in [0, 0.1) is 18.8 Å². The average molecular weight is 1160 g/mol. The number of hydrogen-bond donors (Lipinski definition) is 0. The van der Waals surface area contributed by atoms with Gasteiger partial charge < -0.3 is 19.1 Å². The molecule has 0 atom stereocenters. The van der Waals surface area contributed by atoms with Crippen LogP contribution in [-0.4, -0.2) is 9.55 Å². The third kappa shape index (κ3) is 7.91. The molecule has 0 saturated carbocycles. The molecule has 13 aromatic rings. The van der Waals surface area contributed by atoms with Crippen LogP contribution in [0.25, 0.3) is 91.9 Å². The SMILES string of the molecule is CC(C)(C)c1ccnc(-n2c3[c-]c(Oc4[c-]c(N5[CH-]N(c6c(-c7ccccc7)cccc6-c6cccc(-c7ccccc7)c6)c6ccccc65)ccc4)ccc3c3sc4c5ccccc5c5ccccc5c4c32)c1.[Pt]. The molecule has 0 amide bonds. The van der Waals surface area contributed by atoms with Crippen LogP contribution in [-0.2, 0) is 26.5 Å². The minimum absolute atomic E-state index is 0. The first kappa shape index (κ1) is 46.5. The van der Waals surface area contributed by atoms with Gasteiger partial charge in [0.15, 0.2) is 0 Å². The summed E-state index contributed by atoms with van der Waals surface area (Å²) in [5.74, 6) is 2.03. The molecule has 0 saturated heterocycles. The molecular weight excluding hydrogens is 1120 g/mol. The van der Waals surface area contributed by atoms with Crippen molar-refractivity contribution in [1.82, 2.24) is 9.55 Å². The zero-order valence-corrected chi connectivity index (χ0v) is 44.4. The van der Waals surface area contributed by atoms with E-state index in [1.165, 1.54) is 53.0 Å². The monoisotopic (exact) mass is 1160 g/mol. The van der Waals surface area contributed by atoms with E-state index in [-0.39, 0.29) is 26.5 Å². The number of anilines is 4. The molecule has 4 heterocycles. The fourth-order valence-electron chi connectivity index (χ4n) is 11.0. The molecule has 0 fully saturated rings. The van der Waals surface area contributed by atoms with Crippen LogP contribution < -0.4 is 14.5 Å². The molecule has 0 bridgehead atoms. The molecule has 10 aromatic carbocycles. The molecule has 14 rings (SSSR count). The molecule has 5 nitrogen and oxygen atoms in total. The Morgan fingerprint density at radius 2 is 1.09 bits per heavy atom. The molecular formula is C68H47N4OPtS-3. The van der Waals surface area contributed by atoms with Crippen molar-refractivity contribution in [3.05, 3.63) is 249 Å². The van der Waals surface area contributed by atoms with Gasteiger partial charge in [-0.1, -0.05) is 189 Å².